The van der Waals surface area contributed by atoms with E-state index in [0.29, 0.717) is 34.5 Å². The van der Waals surface area contributed by atoms with Gasteiger partial charge in [-0.15, -0.1) is 0 Å². The Balaban J connectivity index is 1.63. The lowest BCUT2D eigenvalue weighted by Crippen LogP contribution is -2.11. The maximum Gasteiger partial charge on any atom is 0.338 e. The molecule has 0 radical (unpaired) electrons. The van der Waals surface area contributed by atoms with Crippen molar-refractivity contribution in [3.63, 3.8) is 0 Å². The third-order valence-corrected chi connectivity index (χ3v) is 3.90. The standard InChI is InChI=1S/C21H22N2O6/c1-13(2)28-21(24)14-5-8-16(9-6-14)27-12-19-22-20(23-29-19)15-7-10-17(25-3)18(11-15)26-4/h5-11,13H,12H2,1-4H3. The van der Waals surface area contributed by atoms with Gasteiger partial charge >= 0.3 is 5.97 Å². The minimum Gasteiger partial charge on any atom is -0.493 e. The van der Waals surface area contributed by atoms with Gasteiger partial charge in [-0.25, -0.2) is 4.79 Å². The van der Waals surface area contributed by atoms with E-state index in [-0.39, 0.29) is 18.7 Å². The predicted molar refractivity (Wildman–Crippen MR) is 104 cm³/mol. The van der Waals surface area contributed by atoms with E-state index in [1.807, 2.05) is 6.07 Å². The second-order valence-corrected chi connectivity index (χ2v) is 6.35. The summed E-state index contributed by atoms with van der Waals surface area (Å²) < 4.78 is 26.6. The maximum atomic E-state index is 11.9. The van der Waals surface area contributed by atoms with Crippen LogP contribution < -0.4 is 14.2 Å². The lowest BCUT2D eigenvalue weighted by molar-refractivity contribution is 0.0378. The Kier molecular flexibility index (Phi) is 6.33. The fraction of sp³-hybridized carbons (Fsp3) is 0.286. The van der Waals surface area contributed by atoms with Gasteiger partial charge in [0.2, 0.25) is 5.82 Å². The average Bonchev–Trinajstić information content (AvgIpc) is 3.20. The molecule has 3 aromatic rings. The summed E-state index contributed by atoms with van der Waals surface area (Å²) in [6.45, 7) is 3.70. The molecule has 8 nitrogen and oxygen atoms in total. The molecule has 0 saturated heterocycles. The summed E-state index contributed by atoms with van der Waals surface area (Å²) in [7, 11) is 3.13. The van der Waals surface area contributed by atoms with Gasteiger partial charge < -0.3 is 23.5 Å². The van der Waals surface area contributed by atoms with E-state index in [9.17, 15) is 4.79 Å². The van der Waals surface area contributed by atoms with Gasteiger partial charge in [0.05, 0.1) is 25.9 Å². The van der Waals surface area contributed by atoms with Crippen LogP contribution in [0.1, 0.15) is 30.1 Å². The van der Waals surface area contributed by atoms with Crippen molar-refractivity contribution in [3.8, 4) is 28.6 Å². The van der Waals surface area contributed by atoms with Gasteiger partial charge in [-0.1, -0.05) is 5.16 Å². The van der Waals surface area contributed by atoms with Crippen molar-refractivity contribution in [3.05, 3.63) is 53.9 Å². The van der Waals surface area contributed by atoms with Crippen LogP contribution >= 0.6 is 0 Å². The number of esters is 1. The van der Waals surface area contributed by atoms with Crippen LogP contribution in [0, 0.1) is 0 Å². The van der Waals surface area contributed by atoms with Gasteiger partial charge in [-0.3, -0.25) is 0 Å². The first kappa shape index (κ1) is 20.2. The fourth-order valence-corrected chi connectivity index (χ4v) is 2.52. The molecule has 3 rings (SSSR count). The zero-order chi connectivity index (χ0) is 20.8. The molecule has 0 saturated carbocycles. The lowest BCUT2D eigenvalue weighted by Gasteiger charge is -2.08. The van der Waals surface area contributed by atoms with Gasteiger partial charge in [0.1, 0.15) is 5.75 Å². The number of benzene rings is 2. The summed E-state index contributed by atoms with van der Waals surface area (Å²) >= 11 is 0. The molecule has 1 aromatic heterocycles. The molecule has 8 heteroatoms. The summed E-state index contributed by atoms with van der Waals surface area (Å²) in [5, 5.41) is 3.97. The number of nitrogens with zero attached hydrogens (tertiary/aromatic N) is 2. The third-order valence-electron chi connectivity index (χ3n) is 3.90. The highest BCUT2D eigenvalue weighted by Gasteiger charge is 2.13. The minimum absolute atomic E-state index is 0.0933. The number of hydrogen-bond acceptors (Lipinski definition) is 8. The quantitative estimate of drug-likeness (QED) is 0.528. The zero-order valence-electron chi connectivity index (χ0n) is 16.7. The van der Waals surface area contributed by atoms with Gasteiger partial charge in [-0.05, 0) is 56.3 Å². The van der Waals surface area contributed by atoms with E-state index in [0.717, 1.165) is 5.56 Å². The van der Waals surface area contributed by atoms with Crippen LogP contribution in [0.2, 0.25) is 0 Å². The summed E-state index contributed by atoms with van der Waals surface area (Å²) in [6, 6.07) is 12.0. The molecule has 1 heterocycles. The van der Waals surface area contributed by atoms with Crippen LogP contribution in [0.5, 0.6) is 17.2 Å². The molecule has 0 atom stereocenters. The van der Waals surface area contributed by atoms with E-state index in [2.05, 4.69) is 10.1 Å². The average molecular weight is 398 g/mol. The first-order chi connectivity index (χ1) is 14.0. The fourth-order valence-electron chi connectivity index (χ4n) is 2.52. The number of methoxy groups -OCH3 is 2. The van der Waals surface area contributed by atoms with Crippen molar-refractivity contribution in [2.75, 3.05) is 14.2 Å². The number of ether oxygens (including phenoxy) is 4. The van der Waals surface area contributed by atoms with Crippen molar-refractivity contribution in [1.82, 2.24) is 10.1 Å². The molecular formula is C21H22N2O6. The van der Waals surface area contributed by atoms with Crippen LogP contribution in [0.15, 0.2) is 47.0 Å². The molecule has 0 amide bonds. The highest BCUT2D eigenvalue weighted by molar-refractivity contribution is 5.89. The molecule has 0 aliphatic carbocycles. The first-order valence-electron chi connectivity index (χ1n) is 8.99. The Bertz CT molecular complexity index is 966. The van der Waals surface area contributed by atoms with Crippen molar-refractivity contribution >= 4 is 5.97 Å². The molecule has 0 aliphatic heterocycles. The van der Waals surface area contributed by atoms with Crippen molar-refractivity contribution in [1.29, 1.82) is 0 Å². The monoisotopic (exact) mass is 398 g/mol. The van der Waals surface area contributed by atoms with E-state index in [4.69, 9.17) is 23.5 Å². The number of carbonyl (C=O) groups excluding carboxylic acids is 1. The topological polar surface area (TPSA) is 92.9 Å². The molecular weight excluding hydrogens is 376 g/mol. The first-order valence-corrected chi connectivity index (χ1v) is 8.99. The van der Waals surface area contributed by atoms with Crippen molar-refractivity contribution < 1.29 is 28.3 Å². The Labute approximate surface area is 168 Å². The smallest absolute Gasteiger partial charge is 0.338 e. The van der Waals surface area contributed by atoms with Crippen LogP contribution in [0.4, 0.5) is 0 Å². The predicted octanol–water partition coefficient (Wildman–Crippen LogP) is 3.90. The summed E-state index contributed by atoms with van der Waals surface area (Å²) in [4.78, 5) is 16.2. The maximum absolute atomic E-state index is 11.9. The van der Waals surface area contributed by atoms with Crippen LogP contribution in [0.25, 0.3) is 11.4 Å². The molecule has 152 valence electrons. The Morgan fingerprint density at radius 2 is 1.76 bits per heavy atom. The molecule has 0 spiro atoms. The van der Waals surface area contributed by atoms with E-state index < -0.39 is 0 Å². The highest BCUT2D eigenvalue weighted by atomic mass is 16.5. The van der Waals surface area contributed by atoms with Crippen LogP contribution in [-0.4, -0.2) is 36.4 Å². The number of carbonyl (C=O) groups is 1. The number of hydrogen-bond donors (Lipinski definition) is 0. The van der Waals surface area contributed by atoms with Crippen molar-refractivity contribution in [2.24, 2.45) is 0 Å². The second-order valence-electron chi connectivity index (χ2n) is 6.35. The molecule has 2 aromatic carbocycles. The van der Waals surface area contributed by atoms with Gasteiger partial charge in [0.25, 0.3) is 5.89 Å². The summed E-state index contributed by atoms with van der Waals surface area (Å²) in [6.07, 6.45) is -0.171. The molecule has 0 fully saturated rings. The van der Waals surface area contributed by atoms with Crippen LogP contribution in [-0.2, 0) is 11.3 Å². The SMILES string of the molecule is COc1ccc(-c2noc(COc3ccc(C(=O)OC(C)C)cc3)n2)cc1OC. The summed E-state index contributed by atoms with van der Waals surface area (Å²) in [5.74, 6) is 2.11. The Morgan fingerprint density at radius 3 is 2.41 bits per heavy atom. The van der Waals surface area contributed by atoms with E-state index in [1.165, 1.54) is 0 Å². The van der Waals surface area contributed by atoms with E-state index in [1.54, 1.807) is 64.5 Å². The van der Waals surface area contributed by atoms with E-state index >= 15 is 0 Å². The highest BCUT2D eigenvalue weighted by Crippen LogP contribution is 2.31. The second kappa shape index (κ2) is 9.09. The number of rotatable bonds is 8. The number of aromatic nitrogens is 2. The minimum atomic E-state index is -0.372. The lowest BCUT2D eigenvalue weighted by atomic mass is 10.2. The molecule has 0 N–H and O–H groups in total. The molecule has 29 heavy (non-hydrogen) atoms. The van der Waals surface area contributed by atoms with Crippen molar-refractivity contribution in [2.45, 2.75) is 26.6 Å². The Hall–Kier alpha value is -3.55. The van der Waals surface area contributed by atoms with Crippen LogP contribution in [0.3, 0.4) is 0 Å². The van der Waals surface area contributed by atoms with Gasteiger partial charge in [-0.2, -0.15) is 4.98 Å². The largest absolute Gasteiger partial charge is 0.493 e. The van der Waals surface area contributed by atoms with Gasteiger partial charge in [0, 0.05) is 5.56 Å². The third kappa shape index (κ3) is 5.04. The molecule has 0 bridgehead atoms. The normalized spacial score (nSPS) is 10.7. The van der Waals surface area contributed by atoms with Gasteiger partial charge in [0.15, 0.2) is 18.1 Å². The Morgan fingerprint density at radius 1 is 1.03 bits per heavy atom. The summed E-state index contributed by atoms with van der Waals surface area (Å²) in [5.41, 5.74) is 1.19. The molecule has 0 unspecified atom stereocenters. The zero-order valence-corrected chi connectivity index (χ0v) is 16.7. The molecule has 0 aliphatic rings.